The molecule has 0 aliphatic heterocycles. The van der Waals surface area contributed by atoms with E-state index in [-0.39, 0.29) is 29.3 Å². The highest BCUT2D eigenvalue weighted by Crippen LogP contribution is 2.48. The van der Waals surface area contributed by atoms with Crippen molar-refractivity contribution >= 4 is 11.9 Å². The maximum atomic E-state index is 13.8. The lowest BCUT2D eigenvalue weighted by molar-refractivity contribution is -0.139. The number of carbonyl (C=O) groups excluding carboxylic acids is 1. The number of rotatable bonds is 7. The molecule has 0 radical (unpaired) electrons. The molecule has 2 aromatic carbocycles. The molecule has 3 unspecified atom stereocenters. The summed E-state index contributed by atoms with van der Waals surface area (Å²) >= 11 is 0. The van der Waals surface area contributed by atoms with Crippen molar-refractivity contribution in [3.63, 3.8) is 0 Å². The van der Waals surface area contributed by atoms with Crippen LogP contribution in [0.1, 0.15) is 36.4 Å². The number of hydrogen-bond acceptors (Lipinski definition) is 3. The van der Waals surface area contributed by atoms with Gasteiger partial charge in [-0.25, -0.2) is 13.6 Å². The Labute approximate surface area is 155 Å². The highest BCUT2D eigenvalue weighted by molar-refractivity contribution is 5.83. The van der Waals surface area contributed by atoms with Crippen LogP contribution in [0.25, 0.3) is 0 Å². The van der Waals surface area contributed by atoms with Crippen LogP contribution in [0.2, 0.25) is 0 Å². The molecule has 7 heteroatoms. The second kappa shape index (κ2) is 7.73. The third-order valence-electron chi connectivity index (χ3n) is 4.59. The van der Waals surface area contributed by atoms with Crippen molar-refractivity contribution in [2.45, 2.75) is 25.3 Å². The van der Waals surface area contributed by atoms with E-state index in [2.05, 4.69) is 5.32 Å². The summed E-state index contributed by atoms with van der Waals surface area (Å²) in [6.07, 6.45) is 0.487. The normalized spacial score (nSPS) is 19.2. The first-order valence-electron chi connectivity index (χ1n) is 8.55. The van der Waals surface area contributed by atoms with E-state index in [1.807, 2.05) is 6.92 Å². The number of amides is 1. The Morgan fingerprint density at radius 2 is 1.93 bits per heavy atom. The zero-order chi connectivity index (χ0) is 19.6. The fraction of sp³-hybridized carbons (Fsp3) is 0.300. The third-order valence-corrected chi connectivity index (χ3v) is 4.59. The number of ether oxygens (including phenoxy) is 1. The molecule has 1 fully saturated rings. The van der Waals surface area contributed by atoms with Crippen LogP contribution < -0.4 is 10.1 Å². The summed E-state index contributed by atoms with van der Waals surface area (Å²) in [5, 5.41) is 11.5. The molecule has 3 rings (SSSR count). The topological polar surface area (TPSA) is 75.6 Å². The Hall–Kier alpha value is -2.96. The Bertz CT molecular complexity index is 854. The van der Waals surface area contributed by atoms with Crippen molar-refractivity contribution in [3.8, 4) is 5.75 Å². The highest BCUT2D eigenvalue weighted by Gasteiger charge is 2.45. The van der Waals surface area contributed by atoms with Crippen LogP contribution in [0, 0.1) is 17.6 Å². The Kier molecular flexibility index (Phi) is 5.39. The molecule has 0 bridgehead atoms. The maximum Gasteiger partial charge on any atom is 0.341 e. The molecule has 27 heavy (non-hydrogen) atoms. The number of hydrogen-bond donors (Lipinski definition) is 2. The zero-order valence-electron chi connectivity index (χ0n) is 14.6. The second-order valence-corrected chi connectivity index (χ2v) is 6.60. The molecule has 1 saturated carbocycles. The predicted octanol–water partition coefficient (Wildman–Crippen LogP) is 3.41. The lowest BCUT2D eigenvalue weighted by Crippen LogP contribution is -2.28. The first-order chi connectivity index (χ1) is 12.8. The molecule has 1 aliphatic rings. The third kappa shape index (κ3) is 4.61. The van der Waals surface area contributed by atoms with Crippen LogP contribution in [-0.2, 0) is 9.59 Å². The molecule has 142 valence electrons. The Morgan fingerprint density at radius 3 is 2.59 bits per heavy atom. The van der Waals surface area contributed by atoms with Crippen LogP contribution in [0.15, 0.2) is 42.5 Å². The molecule has 0 heterocycles. The fourth-order valence-corrected chi connectivity index (χ4v) is 3.03. The second-order valence-electron chi connectivity index (χ2n) is 6.60. The van der Waals surface area contributed by atoms with Gasteiger partial charge in [0, 0.05) is 5.92 Å². The Balaban J connectivity index is 1.57. The summed E-state index contributed by atoms with van der Waals surface area (Å²) in [6, 6.07) is 9.72. The van der Waals surface area contributed by atoms with Crippen LogP contribution in [0.3, 0.4) is 0 Å². The summed E-state index contributed by atoms with van der Waals surface area (Å²) in [5.41, 5.74) is 1.06. The van der Waals surface area contributed by atoms with Gasteiger partial charge in [0.1, 0.15) is 17.4 Å². The van der Waals surface area contributed by atoms with Gasteiger partial charge >= 0.3 is 5.97 Å². The monoisotopic (exact) mass is 375 g/mol. The first kappa shape index (κ1) is 18.8. The van der Waals surface area contributed by atoms with Crippen molar-refractivity contribution < 1.29 is 28.2 Å². The maximum absolute atomic E-state index is 13.8. The molecule has 0 spiro atoms. The molecule has 2 N–H and O–H groups in total. The van der Waals surface area contributed by atoms with Gasteiger partial charge in [-0.15, -0.1) is 0 Å². The van der Waals surface area contributed by atoms with Crippen LogP contribution >= 0.6 is 0 Å². The smallest absolute Gasteiger partial charge is 0.341 e. The van der Waals surface area contributed by atoms with Gasteiger partial charge in [0.2, 0.25) is 5.91 Å². The number of benzene rings is 2. The molecule has 1 amide bonds. The number of carboxylic acids is 1. The van der Waals surface area contributed by atoms with Crippen molar-refractivity contribution in [2.75, 3.05) is 6.61 Å². The minimum atomic E-state index is -1.06. The average molecular weight is 375 g/mol. The van der Waals surface area contributed by atoms with Crippen LogP contribution in [-0.4, -0.2) is 23.6 Å². The molecular weight excluding hydrogens is 356 g/mol. The molecule has 1 aliphatic carbocycles. The largest absolute Gasteiger partial charge is 0.482 e. The van der Waals surface area contributed by atoms with Crippen molar-refractivity contribution in [2.24, 2.45) is 5.92 Å². The standard InChI is InChI=1S/C20H19F2NO4/c1-11(12-2-5-14(6-3-12)27-10-19(24)25)23-20(26)17-9-15(17)16-8-13(21)4-7-18(16)22/h2-8,11,15,17H,9-10H2,1H3,(H,23,26)(H,24,25). The molecular formula is C20H19F2NO4. The van der Waals surface area contributed by atoms with E-state index in [0.717, 1.165) is 23.8 Å². The van der Waals surface area contributed by atoms with Crippen LogP contribution in [0.5, 0.6) is 5.75 Å². The highest BCUT2D eigenvalue weighted by atomic mass is 19.1. The van der Waals surface area contributed by atoms with E-state index in [9.17, 15) is 18.4 Å². The summed E-state index contributed by atoms with van der Waals surface area (Å²) < 4.78 is 32.2. The zero-order valence-corrected chi connectivity index (χ0v) is 14.6. The van der Waals surface area contributed by atoms with E-state index in [1.165, 1.54) is 0 Å². The first-order valence-corrected chi connectivity index (χ1v) is 8.55. The van der Waals surface area contributed by atoms with E-state index >= 15 is 0 Å². The van der Waals surface area contributed by atoms with Gasteiger partial charge in [-0.3, -0.25) is 4.79 Å². The minimum absolute atomic E-state index is 0.206. The van der Waals surface area contributed by atoms with E-state index in [0.29, 0.717) is 12.2 Å². The average Bonchev–Trinajstić information content (AvgIpc) is 3.43. The molecule has 0 saturated heterocycles. The quantitative estimate of drug-likeness (QED) is 0.778. The van der Waals surface area contributed by atoms with Crippen molar-refractivity contribution in [1.82, 2.24) is 5.32 Å². The van der Waals surface area contributed by atoms with Gasteiger partial charge in [0.05, 0.1) is 6.04 Å². The lowest BCUT2D eigenvalue weighted by atomic mass is 10.1. The van der Waals surface area contributed by atoms with Crippen molar-refractivity contribution in [3.05, 3.63) is 65.2 Å². The number of carboxylic acid groups (broad SMARTS) is 1. The van der Waals surface area contributed by atoms with Gasteiger partial charge in [-0.1, -0.05) is 12.1 Å². The number of carbonyl (C=O) groups is 2. The summed E-state index contributed by atoms with van der Waals surface area (Å²) in [6.45, 7) is 1.39. The van der Waals surface area contributed by atoms with Gasteiger partial charge in [0.15, 0.2) is 6.61 Å². The van der Waals surface area contributed by atoms with E-state index in [1.54, 1.807) is 24.3 Å². The molecule has 3 atom stereocenters. The van der Waals surface area contributed by atoms with Gasteiger partial charge in [-0.2, -0.15) is 0 Å². The predicted molar refractivity (Wildman–Crippen MR) is 93.3 cm³/mol. The Morgan fingerprint density at radius 1 is 1.22 bits per heavy atom. The minimum Gasteiger partial charge on any atom is -0.482 e. The lowest BCUT2D eigenvalue weighted by Gasteiger charge is -2.15. The summed E-state index contributed by atoms with van der Waals surface area (Å²) in [7, 11) is 0. The van der Waals surface area contributed by atoms with E-state index < -0.39 is 24.2 Å². The number of halogens is 2. The molecule has 2 aromatic rings. The summed E-state index contributed by atoms with van der Waals surface area (Å²) in [5.74, 6) is -2.54. The summed E-state index contributed by atoms with van der Waals surface area (Å²) in [4.78, 5) is 22.9. The van der Waals surface area contributed by atoms with Gasteiger partial charge in [0.25, 0.3) is 0 Å². The van der Waals surface area contributed by atoms with Gasteiger partial charge in [-0.05, 0) is 60.7 Å². The SMILES string of the molecule is CC(NC(=O)C1CC1c1cc(F)ccc1F)c1ccc(OCC(=O)O)cc1. The van der Waals surface area contributed by atoms with Crippen molar-refractivity contribution in [1.29, 1.82) is 0 Å². The number of nitrogens with one attached hydrogen (secondary N) is 1. The number of aliphatic carboxylic acids is 1. The molecule has 0 aromatic heterocycles. The van der Waals surface area contributed by atoms with E-state index in [4.69, 9.17) is 9.84 Å². The van der Waals surface area contributed by atoms with Crippen LogP contribution in [0.4, 0.5) is 8.78 Å². The molecule has 5 nitrogen and oxygen atoms in total. The van der Waals surface area contributed by atoms with Gasteiger partial charge < -0.3 is 15.2 Å². The fourth-order valence-electron chi connectivity index (χ4n) is 3.03.